The van der Waals surface area contributed by atoms with Crippen molar-refractivity contribution >= 4 is 33.0 Å². The van der Waals surface area contributed by atoms with Crippen LogP contribution in [0.2, 0.25) is 0 Å². The van der Waals surface area contributed by atoms with E-state index in [0.29, 0.717) is 0 Å². The fourth-order valence-electron chi connectivity index (χ4n) is 4.92. The third-order valence-corrected chi connectivity index (χ3v) is 8.05. The number of aliphatic carboxylic acids is 1. The van der Waals surface area contributed by atoms with Gasteiger partial charge in [0.25, 0.3) is 0 Å². The first-order valence-electron chi connectivity index (χ1n) is 13.5. The summed E-state index contributed by atoms with van der Waals surface area (Å²) < 4.78 is 104. The van der Waals surface area contributed by atoms with Gasteiger partial charge in [0.05, 0.1) is 25.5 Å². The highest BCUT2D eigenvalue weighted by Gasteiger charge is 2.55. The van der Waals surface area contributed by atoms with Gasteiger partial charge in [0.2, 0.25) is 0 Å². The van der Waals surface area contributed by atoms with E-state index in [9.17, 15) is 47.2 Å². The minimum absolute atomic E-state index is 0.260. The summed E-state index contributed by atoms with van der Waals surface area (Å²) in [5.74, 6) is -0.675. The van der Waals surface area contributed by atoms with Gasteiger partial charge in [-0.25, -0.2) is 13.2 Å². The zero-order valence-corrected chi connectivity index (χ0v) is 26.1. The first-order valence-corrected chi connectivity index (χ1v) is 16.2. The Kier molecular flexibility index (Phi) is 13.8. The Morgan fingerprint density at radius 2 is 1.43 bits per heavy atom. The average Bonchev–Trinajstić information content (AvgIpc) is 3.27. The van der Waals surface area contributed by atoms with Gasteiger partial charge >= 0.3 is 26.8 Å². The van der Waals surface area contributed by atoms with Crippen LogP contribution in [0.4, 0.5) is 0 Å². The lowest BCUT2D eigenvalue weighted by molar-refractivity contribution is -0.353. The second-order valence-electron chi connectivity index (χ2n) is 10.3. The predicted molar refractivity (Wildman–Crippen MR) is 146 cm³/mol. The summed E-state index contributed by atoms with van der Waals surface area (Å²) >= 11 is 0. The Hall–Kier alpha value is -2.16. The van der Waals surface area contributed by atoms with Crippen LogP contribution in [-0.2, 0) is 67.2 Å². The third kappa shape index (κ3) is 10.4. The maximum Gasteiger partial charge on any atom is 0.397 e. The van der Waals surface area contributed by atoms with Crippen LogP contribution in [0.5, 0.6) is 0 Å². The van der Waals surface area contributed by atoms with Gasteiger partial charge in [0.15, 0.2) is 25.3 Å². The highest BCUT2D eigenvalue weighted by molar-refractivity contribution is 7.81. The summed E-state index contributed by atoms with van der Waals surface area (Å²) in [6.07, 6.45) is -16.5. The Bertz CT molecular complexity index is 1340. The SMILES string of the molecule is C#CCO/N=C\[C@@H]1O[C@H](COS(=O)(=O)O)C(O[C@@H]2OC(C(=O)O)[C@@H](O[C@H]3OC(COS(=O)(=O)O)[C@@H](OC)[C@H](O)C3C)[C@H](O)C2O)[C@@H]1O. The van der Waals surface area contributed by atoms with Gasteiger partial charge < -0.3 is 58.8 Å². The van der Waals surface area contributed by atoms with Crippen molar-refractivity contribution in [3.05, 3.63) is 0 Å². The van der Waals surface area contributed by atoms with Gasteiger partial charge in [-0.05, 0) is 0 Å². The summed E-state index contributed by atoms with van der Waals surface area (Å²) in [5.41, 5.74) is 0. The first kappa shape index (κ1) is 39.3. The summed E-state index contributed by atoms with van der Waals surface area (Å²) in [5, 5.41) is 56.7. The lowest BCUT2D eigenvalue weighted by atomic mass is 9.91. The fraction of sp³-hybridized carbons (Fsp3) is 0.826. The molecular weight excluding hydrogens is 690 g/mol. The first-order chi connectivity index (χ1) is 21.9. The smallest absolute Gasteiger partial charge is 0.397 e. The van der Waals surface area contributed by atoms with Crippen molar-refractivity contribution in [2.75, 3.05) is 26.9 Å². The van der Waals surface area contributed by atoms with E-state index in [2.05, 4.69) is 19.4 Å². The van der Waals surface area contributed by atoms with Crippen molar-refractivity contribution in [1.29, 1.82) is 0 Å². The van der Waals surface area contributed by atoms with E-state index in [4.69, 9.17) is 48.8 Å². The molecule has 47 heavy (non-hydrogen) atoms. The lowest BCUT2D eigenvalue weighted by Crippen LogP contribution is -2.65. The number of ether oxygens (including phenoxy) is 6. The Balaban J connectivity index is 1.80. The zero-order valence-electron chi connectivity index (χ0n) is 24.5. The number of terminal acetylenes is 1. The third-order valence-electron chi connectivity index (χ3n) is 7.19. The van der Waals surface area contributed by atoms with Gasteiger partial charge in [0, 0.05) is 13.0 Å². The molecule has 0 saturated carbocycles. The van der Waals surface area contributed by atoms with Crippen molar-refractivity contribution < 1.29 is 97.9 Å². The van der Waals surface area contributed by atoms with Crippen molar-refractivity contribution in [3.8, 4) is 12.3 Å². The molecule has 270 valence electrons. The highest BCUT2D eigenvalue weighted by atomic mass is 32.3. The highest BCUT2D eigenvalue weighted by Crippen LogP contribution is 2.35. The Morgan fingerprint density at radius 1 is 0.851 bits per heavy atom. The van der Waals surface area contributed by atoms with E-state index >= 15 is 0 Å². The number of oxime groups is 1. The molecule has 3 heterocycles. The van der Waals surface area contributed by atoms with E-state index in [-0.39, 0.29) is 6.61 Å². The molecule has 0 amide bonds. The van der Waals surface area contributed by atoms with Crippen LogP contribution in [-0.4, -0.2) is 170 Å². The van der Waals surface area contributed by atoms with Crippen LogP contribution in [0.1, 0.15) is 6.92 Å². The molecule has 3 saturated heterocycles. The standard InChI is InChI=1S/C23H35NO21S2/c1-4-5-38-24-6-10-14(26)18(12(41-10)8-40-47(34,35)36)43-23-16(28)15(27)19(20(45-23)21(29)30)44-22-9(2)13(25)17(37-3)11(42-22)7-39-46(31,32)33/h1,6,9-20,22-23,25-28H,5,7-8H2,2-3H3,(H,29,30)(H,31,32,33)(H,34,35,36)/b24-6-/t9?,10-,11?,12+,13+,14+,15+,16?,17+,18?,19-,20?,22+,23+/m0/s1. The number of carbonyl (C=O) groups is 1. The van der Waals surface area contributed by atoms with Crippen molar-refractivity contribution in [1.82, 2.24) is 0 Å². The Labute approximate surface area is 267 Å². The topological polar surface area (TPSA) is 322 Å². The number of rotatable bonds is 15. The lowest BCUT2D eigenvalue weighted by Gasteiger charge is -2.46. The number of hydrogen-bond donors (Lipinski definition) is 7. The fourth-order valence-corrected chi connectivity index (χ4v) is 5.53. The molecule has 24 heteroatoms. The zero-order chi connectivity index (χ0) is 35.3. The van der Waals surface area contributed by atoms with E-state index in [1.54, 1.807) is 0 Å². The number of carboxylic acids is 1. The van der Waals surface area contributed by atoms with Crippen molar-refractivity contribution in [2.24, 2.45) is 11.1 Å². The second-order valence-corrected chi connectivity index (χ2v) is 12.5. The monoisotopic (exact) mass is 725 g/mol. The minimum atomic E-state index is -5.02. The Morgan fingerprint density at radius 3 is 1.96 bits per heavy atom. The predicted octanol–water partition coefficient (Wildman–Crippen LogP) is -4.57. The summed E-state index contributed by atoms with van der Waals surface area (Å²) in [7, 11) is -8.81. The molecule has 3 aliphatic rings. The van der Waals surface area contributed by atoms with Crippen LogP contribution in [0.25, 0.3) is 0 Å². The molecule has 14 atom stereocenters. The molecule has 0 aliphatic carbocycles. The number of hydrogen-bond acceptors (Lipinski definition) is 19. The maximum atomic E-state index is 12.2. The molecule has 0 spiro atoms. The maximum absolute atomic E-state index is 12.2. The molecule has 3 aliphatic heterocycles. The van der Waals surface area contributed by atoms with Crippen LogP contribution < -0.4 is 0 Å². The number of methoxy groups -OCH3 is 1. The van der Waals surface area contributed by atoms with Crippen LogP contribution in [0, 0.1) is 18.3 Å². The largest absolute Gasteiger partial charge is 0.479 e. The van der Waals surface area contributed by atoms with Gasteiger partial charge in [0.1, 0.15) is 54.9 Å². The molecule has 0 aromatic heterocycles. The van der Waals surface area contributed by atoms with Gasteiger partial charge in [-0.2, -0.15) is 16.8 Å². The molecule has 0 radical (unpaired) electrons. The molecule has 3 rings (SSSR count). The van der Waals surface area contributed by atoms with Gasteiger partial charge in [-0.3, -0.25) is 9.11 Å². The average molecular weight is 726 g/mol. The summed E-state index contributed by atoms with van der Waals surface area (Å²) in [6.45, 7) is -0.714. The molecule has 5 unspecified atom stereocenters. The van der Waals surface area contributed by atoms with E-state index in [1.807, 2.05) is 0 Å². The molecule has 7 N–H and O–H groups in total. The quantitative estimate of drug-likeness (QED) is 0.0275. The van der Waals surface area contributed by atoms with Gasteiger partial charge in [-0.15, -0.1) is 6.42 Å². The molecule has 3 fully saturated rings. The number of nitrogens with zero attached hydrogens (tertiary/aromatic N) is 1. The number of carboxylic acid groups (broad SMARTS) is 1. The van der Waals surface area contributed by atoms with Crippen LogP contribution in [0.3, 0.4) is 0 Å². The molecular formula is C23H35NO21S2. The van der Waals surface area contributed by atoms with E-state index in [0.717, 1.165) is 13.3 Å². The van der Waals surface area contributed by atoms with E-state index in [1.165, 1.54) is 6.92 Å². The van der Waals surface area contributed by atoms with E-state index < -0.39 is 126 Å². The summed E-state index contributed by atoms with van der Waals surface area (Å²) in [4.78, 5) is 16.9. The second kappa shape index (κ2) is 16.5. The number of aliphatic hydroxyl groups is 4. The molecule has 0 bridgehead atoms. The summed E-state index contributed by atoms with van der Waals surface area (Å²) in [6, 6.07) is 0. The molecule has 22 nitrogen and oxygen atoms in total. The van der Waals surface area contributed by atoms with Crippen molar-refractivity contribution in [2.45, 2.75) is 86.6 Å². The number of aliphatic hydroxyl groups excluding tert-OH is 4. The van der Waals surface area contributed by atoms with Crippen molar-refractivity contribution in [3.63, 3.8) is 0 Å². The minimum Gasteiger partial charge on any atom is -0.479 e. The molecule has 0 aromatic carbocycles. The van der Waals surface area contributed by atoms with Crippen LogP contribution >= 0.6 is 0 Å². The molecule has 0 aromatic rings. The van der Waals surface area contributed by atoms with Crippen LogP contribution in [0.15, 0.2) is 5.16 Å². The normalized spacial score (nSPS) is 39.9. The van der Waals surface area contributed by atoms with Gasteiger partial charge in [-0.1, -0.05) is 18.0 Å².